The average Bonchev–Trinajstić information content (AvgIpc) is 3.09. The van der Waals surface area contributed by atoms with E-state index in [1.54, 1.807) is 0 Å². The quantitative estimate of drug-likeness (QED) is 0.461. The predicted octanol–water partition coefficient (Wildman–Crippen LogP) is 5.40. The van der Waals surface area contributed by atoms with Crippen molar-refractivity contribution in [3.8, 4) is 11.4 Å². The Labute approximate surface area is 151 Å². The third-order valence-electron chi connectivity index (χ3n) is 3.90. The first-order chi connectivity index (χ1) is 12.2. The van der Waals surface area contributed by atoms with Crippen LogP contribution < -0.4 is 4.90 Å². The van der Waals surface area contributed by atoms with Gasteiger partial charge in [0.2, 0.25) is 4.77 Å². The Bertz CT molecular complexity index is 888. The molecule has 2 N–H and O–H groups in total. The lowest BCUT2D eigenvalue weighted by Gasteiger charge is -2.20. The lowest BCUT2D eigenvalue weighted by atomic mass is 10.2. The molecule has 0 spiro atoms. The molecule has 6 nitrogen and oxygen atoms in total. The third-order valence-corrected chi connectivity index (χ3v) is 4.09. The van der Waals surface area contributed by atoms with Crippen LogP contribution in [0.5, 0.6) is 0 Å². The second-order valence-electron chi connectivity index (χ2n) is 5.45. The Hall–Kier alpha value is -2.80. The summed E-state index contributed by atoms with van der Waals surface area (Å²) in [4.78, 5) is 6.48. The summed E-state index contributed by atoms with van der Waals surface area (Å²) in [5.74, 6) is 0.709. The highest BCUT2D eigenvalue weighted by atomic mass is 32.1. The Kier molecular flexibility index (Phi) is 5.35. The first kappa shape index (κ1) is 17.0. The van der Waals surface area contributed by atoms with E-state index in [2.05, 4.69) is 56.3 Å². The molecule has 1 heterocycles. The molecule has 0 saturated heterocycles. The fraction of sp³-hybridized carbons (Fsp3) is 0.222. The Balaban J connectivity index is 1.70. The molecule has 0 aliphatic heterocycles. The highest BCUT2D eigenvalue weighted by molar-refractivity contribution is 7.71. The number of nitrogens with zero attached hydrogens (tertiary/aromatic N) is 4. The summed E-state index contributed by atoms with van der Waals surface area (Å²) in [6, 6.07) is 15.8. The third kappa shape index (κ3) is 4.19. The van der Waals surface area contributed by atoms with Crippen LogP contribution in [0.2, 0.25) is 0 Å². The minimum atomic E-state index is 0.437. The number of aromatic amines is 2. The van der Waals surface area contributed by atoms with E-state index < -0.39 is 0 Å². The molecule has 2 aromatic carbocycles. The van der Waals surface area contributed by atoms with Crippen LogP contribution in [-0.4, -0.2) is 28.3 Å². The molecule has 0 atom stereocenters. The van der Waals surface area contributed by atoms with E-state index in [1.165, 1.54) is 5.69 Å². The van der Waals surface area contributed by atoms with E-state index in [0.717, 1.165) is 30.0 Å². The van der Waals surface area contributed by atoms with Crippen LogP contribution in [0.4, 0.5) is 17.1 Å². The van der Waals surface area contributed by atoms with E-state index in [0.29, 0.717) is 10.6 Å². The van der Waals surface area contributed by atoms with Crippen molar-refractivity contribution in [1.29, 1.82) is 0 Å². The van der Waals surface area contributed by atoms with Gasteiger partial charge in [0, 0.05) is 24.3 Å². The fourth-order valence-corrected chi connectivity index (χ4v) is 2.67. The van der Waals surface area contributed by atoms with Crippen LogP contribution in [0.3, 0.4) is 0 Å². The van der Waals surface area contributed by atoms with Crippen molar-refractivity contribution >= 4 is 29.3 Å². The van der Waals surface area contributed by atoms with Gasteiger partial charge in [-0.1, -0.05) is 0 Å². The number of nitrogens with one attached hydrogen (secondary N) is 2. The van der Waals surface area contributed by atoms with Crippen molar-refractivity contribution in [3.05, 3.63) is 53.3 Å². The molecule has 25 heavy (non-hydrogen) atoms. The largest absolute Gasteiger partial charge is 0.372 e. The maximum absolute atomic E-state index is 4.96. The first-order valence-electron chi connectivity index (χ1n) is 8.21. The standard InChI is InChI=1S/C18H20N6S/c1-3-24(4-2)16-11-9-15(10-12-16)21-20-14-7-5-13(6-8-14)17-19-18(25)23-22-17/h5-12H,3-4H2,1-2H3,(H2,19,22,23,25). The molecule has 128 valence electrons. The summed E-state index contributed by atoms with van der Waals surface area (Å²) in [5, 5.41) is 14.3. The Morgan fingerprint density at radius 1 is 0.880 bits per heavy atom. The van der Waals surface area contributed by atoms with Gasteiger partial charge in [0.25, 0.3) is 0 Å². The molecular formula is C18H20N6S. The van der Waals surface area contributed by atoms with Crippen molar-refractivity contribution < 1.29 is 0 Å². The molecule has 0 amide bonds. The van der Waals surface area contributed by atoms with Gasteiger partial charge in [-0.05, 0) is 74.6 Å². The molecule has 0 aliphatic carbocycles. The molecule has 0 radical (unpaired) electrons. The van der Waals surface area contributed by atoms with Gasteiger partial charge in [0.1, 0.15) is 0 Å². The van der Waals surface area contributed by atoms with Crippen LogP contribution in [-0.2, 0) is 0 Å². The second-order valence-corrected chi connectivity index (χ2v) is 5.84. The number of anilines is 1. The number of hydrogen-bond donors (Lipinski definition) is 2. The van der Waals surface area contributed by atoms with Gasteiger partial charge in [0.05, 0.1) is 11.4 Å². The Morgan fingerprint density at radius 3 is 1.92 bits per heavy atom. The summed E-state index contributed by atoms with van der Waals surface area (Å²) in [7, 11) is 0. The molecule has 0 aliphatic rings. The average molecular weight is 352 g/mol. The lowest BCUT2D eigenvalue weighted by molar-refractivity contribution is 0.866. The molecular weight excluding hydrogens is 332 g/mol. The topological polar surface area (TPSA) is 72.4 Å². The lowest BCUT2D eigenvalue weighted by Crippen LogP contribution is -2.21. The van der Waals surface area contributed by atoms with Gasteiger partial charge in [-0.15, -0.1) is 0 Å². The van der Waals surface area contributed by atoms with E-state index >= 15 is 0 Å². The van der Waals surface area contributed by atoms with Crippen molar-refractivity contribution in [3.63, 3.8) is 0 Å². The van der Waals surface area contributed by atoms with Gasteiger partial charge in [-0.25, -0.2) is 0 Å². The van der Waals surface area contributed by atoms with E-state index in [9.17, 15) is 0 Å². The number of rotatable bonds is 6. The summed E-state index contributed by atoms with van der Waals surface area (Å²) in [6.07, 6.45) is 0. The second kappa shape index (κ2) is 7.85. The van der Waals surface area contributed by atoms with Gasteiger partial charge in [-0.2, -0.15) is 15.2 Å². The number of benzene rings is 2. The van der Waals surface area contributed by atoms with Crippen molar-refractivity contribution in [2.24, 2.45) is 10.2 Å². The fourth-order valence-electron chi connectivity index (χ4n) is 2.53. The number of hydrogen-bond acceptors (Lipinski definition) is 5. The zero-order valence-corrected chi connectivity index (χ0v) is 15.0. The van der Waals surface area contributed by atoms with Gasteiger partial charge in [0.15, 0.2) is 5.82 Å². The number of azo groups is 1. The molecule has 0 bridgehead atoms. The minimum Gasteiger partial charge on any atom is -0.372 e. The summed E-state index contributed by atoms with van der Waals surface area (Å²) >= 11 is 4.96. The monoisotopic (exact) mass is 352 g/mol. The minimum absolute atomic E-state index is 0.437. The highest BCUT2D eigenvalue weighted by Crippen LogP contribution is 2.23. The van der Waals surface area contributed by atoms with Gasteiger partial charge >= 0.3 is 0 Å². The first-order valence-corrected chi connectivity index (χ1v) is 8.62. The smallest absolute Gasteiger partial charge is 0.213 e. The predicted molar refractivity (Wildman–Crippen MR) is 103 cm³/mol. The number of aromatic nitrogens is 3. The van der Waals surface area contributed by atoms with Gasteiger partial charge < -0.3 is 4.90 Å². The van der Waals surface area contributed by atoms with E-state index in [1.807, 2.05) is 36.4 Å². The van der Waals surface area contributed by atoms with Crippen LogP contribution in [0.15, 0.2) is 58.8 Å². The maximum Gasteiger partial charge on any atom is 0.213 e. The summed E-state index contributed by atoms with van der Waals surface area (Å²) in [6.45, 7) is 6.28. The SMILES string of the molecule is CCN(CC)c1ccc(N=Nc2ccc(-c3nc(=S)[nH][nH]3)cc2)cc1. The summed E-state index contributed by atoms with van der Waals surface area (Å²) < 4.78 is 0.437. The van der Waals surface area contributed by atoms with Crippen molar-refractivity contribution in [1.82, 2.24) is 15.2 Å². The van der Waals surface area contributed by atoms with Crippen LogP contribution in [0.25, 0.3) is 11.4 Å². The number of H-pyrrole nitrogens is 2. The molecule has 0 fully saturated rings. The van der Waals surface area contributed by atoms with Crippen molar-refractivity contribution in [2.45, 2.75) is 13.8 Å². The molecule has 3 aromatic rings. The highest BCUT2D eigenvalue weighted by Gasteiger charge is 2.02. The van der Waals surface area contributed by atoms with Gasteiger partial charge in [-0.3, -0.25) is 10.2 Å². The summed E-state index contributed by atoms with van der Waals surface area (Å²) in [5.41, 5.74) is 3.75. The van der Waals surface area contributed by atoms with Crippen molar-refractivity contribution in [2.75, 3.05) is 18.0 Å². The zero-order valence-electron chi connectivity index (χ0n) is 14.2. The Morgan fingerprint density at radius 2 is 1.44 bits per heavy atom. The molecule has 0 saturated carbocycles. The van der Waals surface area contributed by atoms with Crippen LogP contribution in [0, 0.1) is 4.77 Å². The van der Waals surface area contributed by atoms with Crippen LogP contribution in [0.1, 0.15) is 13.8 Å². The molecule has 1 aromatic heterocycles. The molecule has 0 unspecified atom stereocenters. The van der Waals surface area contributed by atoms with E-state index in [-0.39, 0.29) is 0 Å². The zero-order chi connectivity index (χ0) is 17.6. The molecule has 7 heteroatoms. The van der Waals surface area contributed by atoms with E-state index in [4.69, 9.17) is 12.2 Å². The normalized spacial score (nSPS) is 11.1. The maximum atomic E-state index is 4.96. The molecule has 3 rings (SSSR count). The van der Waals surface area contributed by atoms with Crippen LogP contribution >= 0.6 is 12.2 Å².